The van der Waals surface area contributed by atoms with E-state index < -0.39 is 5.41 Å². The summed E-state index contributed by atoms with van der Waals surface area (Å²) in [6, 6.07) is 56.0. The van der Waals surface area contributed by atoms with E-state index in [1.165, 1.54) is 21.9 Å². The minimum absolute atomic E-state index is 0.567. The second-order valence-corrected chi connectivity index (χ2v) is 12.7. The summed E-state index contributed by atoms with van der Waals surface area (Å²) >= 11 is 0. The molecule has 2 heterocycles. The van der Waals surface area contributed by atoms with Crippen molar-refractivity contribution in [3.63, 3.8) is 0 Å². The van der Waals surface area contributed by atoms with Gasteiger partial charge < -0.3 is 4.74 Å². The van der Waals surface area contributed by atoms with Crippen molar-refractivity contribution in [1.29, 1.82) is 5.26 Å². The van der Waals surface area contributed by atoms with Crippen LogP contribution in [0.15, 0.2) is 158 Å². The highest BCUT2D eigenvalue weighted by atomic mass is 16.5. The molecule has 5 nitrogen and oxygen atoms in total. The van der Waals surface area contributed by atoms with Crippen molar-refractivity contribution < 1.29 is 4.74 Å². The lowest BCUT2D eigenvalue weighted by Gasteiger charge is -2.39. The largest absolute Gasteiger partial charge is 0.457 e. The van der Waals surface area contributed by atoms with Crippen LogP contribution in [0.4, 0.5) is 0 Å². The highest BCUT2D eigenvalue weighted by Gasteiger charge is 2.51. The molecule has 0 saturated carbocycles. The molecule has 1 spiro atoms. The summed E-state index contributed by atoms with van der Waals surface area (Å²) in [5.74, 6) is 3.26. The Labute approximate surface area is 288 Å². The molecule has 2 aliphatic rings. The number of rotatable bonds is 3. The summed E-state index contributed by atoms with van der Waals surface area (Å²) in [6.07, 6.45) is 0. The summed E-state index contributed by atoms with van der Waals surface area (Å²) in [5, 5.41) is 12.5. The van der Waals surface area contributed by atoms with E-state index in [0.717, 1.165) is 50.4 Å². The molecule has 0 bridgehead atoms. The van der Waals surface area contributed by atoms with Crippen LogP contribution in [-0.2, 0) is 5.41 Å². The van der Waals surface area contributed by atoms with Crippen molar-refractivity contribution in [2.45, 2.75) is 5.41 Å². The molecule has 1 aliphatic carbocycles. The number of aromatic nitrogens is 3. The smallest absolute Gasteiger partial charge is 0.164 e. The minimum atomic E-state index is -0.765. The summed E-state index contributed by atoms with van der Waals surface area (Å²) in [4.78, 5) is 15.0. The molecule has 232 valence electrons. The molecule has 1 aromatic heterocycles. The van der Waals surface area contributed by atoms with Crippen LogP contribution in [0.2, 0.25) is 0 Å². The zero-order chi connectivity index (χ0) is 33.2. The quantitative estimate of drug-likeness (QED) is 0.193. The lowest BCUT2D eigenvalue weighted by atomic mass is 9.65. The molecule has 0 fully saturated rings. The fourth-order valence-electron chi connectivity index (χ4n) is 7.86. The van der Waals surface area contributed by atoms with Gasteiger partial charge in [0.2, 0.25) is 0 Å². The van der Waals surface area contributed by atoms with Crippen LogP contribution in [-0.4, -0.2) is 15.0 Å². The molecule has 0 saturated heterocycles. The number of nitriles is 1. The Bertz CT molecular complexity index is 2640. The molecule has 7 aromatic carbocycles. The van der Waals surface area contributed by atoms with Crippen LogP contribution >= 0.6 is 0 Å². The van der Waals surface area contributed by atoms with Crippen molar-refractivity contribution in [1.82, 2.24) is 15.0 Å². The van der Waals surface area contributed by atoms with Gasteiger partial charge in [-0.2, -0.15) is 5.26 Å². The van der Waals surface area contributed by atoms with E-state index in [1.54, 1.807) is 0 Å². The Morgan fingerprint density at radius 3 is 1.80 bits per heavy atom. The van der Waals surface area contributed by atoms with E-state index in [2.05, 4.69) is 72.8 Å². The van der Waals surface area contributed by atoms with Gasteiger partial charge >= 0.3 is 0 Å². The Morgan fingerprint density at radius 2 is 1.08 bits per heavy atom. The zero-order valence-electron chi connectivity index (χ0n) is 26.7. The average molecular weight is 639 g/mol. The lowest BCUT2D eigenvalue weighted by Crippen LogP contribution is -2.32. The van der Waals surface area contributed by atoms with Crippen molar-refractivity contribution in [3.05, 3.63) is 186 Å². The normalized spacial score (nSPS) is 15.0. The highest BCUT2D eigenvalue weighted by molar-refractivity contribution is 6.04. The van der Waals surface area contributed by atoms with Crippen molar-refractivity contribution in [3.8, 4) is 62.9 Å². The Morgan fingerprint density at radius 1 is 0.480 bits per heavy atom. The minimum Gasteiger partial charge on any atom is -0.457 e. The Hall–Kier alpha value is -6.90. The van der Waals surface area contributed by atoms with Gasteiger partial charge in [0.1, 0.15) is 11.5 Å². The summed E-state index contributed by atoms with van der Waals surface area (Å²) in [7, 11) is 0. The van der Waals surface area contributed by atoms with Crippen LogP contribution in [0.25, 0.3) is 56.1 Å². The van der Waals surface area contributed by atoms with E-state index in [4.69, 9.17) is 19.7 Å². The van der Waals surface area contributed by atoms with Gasteiger partial charge in [0, 0.05) is 27.8 Å². The molecule has 5 heteroatoms. The van der Waals surface area contributed by atoms with Crippen LogP contribution in [0.5, 0.6) is 11.5 Å². The molecule has 8 aromatic rings. The fourth-order valence-corrected chi connectivity index (χ4v) is 7.86. The SMILES string of the molecule is N#Cc1ccc2c(c1)C1(c3cc(-c4nc(-c5ccccc5)nc(-c5ccccc5)n4)ccc3O2)c2ccccc2-c2c1ccc1ccccc21. The van der Waals surface area contributed by atoms with E-state index in [9.17, 15) is 5.26 Å². The van der Waals surface area contributed by atoms with Crippen LogP contribution in [0, 0.1) is 11.3 Å². The van der Waals surface area contributed by atoms with Gasteiger partial charge in [0.15, 0.2) is 17.5 Å². The Balaban J connectivity index is 1.29. The molecule has 0 radical (unpaired) electrons. The first kappa shape index (κ1) is 28.1. The van der Waals surface area contributed by atoms with Crippen molar-refractivity contribution >= 4 is 10.8 Å². The third-order valence-electron chi connectivity index (χ3n) is 10.0. The number of hydrogen-bond acceptors (Lipinski definition) is 5. The summed E-state index contributed by atoms with van der Waals surface area (Å²) < 4.78 is 6.70. The molecule has 10 rings (SSSR count). The molecule has 50 heavy (non-hydrogen) atoms. The molecule has 1 aliphatic heterocycles. The maximum absolute atomic E-state index is 10.1. The van der Waals surface area contributed by atoms with E-state index >= 15 is 0 Å². The van der Waals surface area contributed by atoms with Gasteiger partial charge in [0.05, 0.1) is 17.0 Å². The van der Waals surface area contributed by atoms with Gasteiger partial charge in [-0.25, -0.2) is 15.0 Å². The van der Waals surface area contributed by atoms with Crippen LogP contribution in [0.1, 0.15) is 27.8 Å². The second kappa shape index (κ2) is 10.8. The molecule has 1 atom stereocenters. The van der Waals surface area contributed by atoms with Gasteiger partial charge in [-0.15, -0.1) is 0 Å². The van der Waals surface area contributed by atoms with Gasteiger partial charge in [0.25, 0.3) is 0 Å². The highest BCUT2D eigenvalue weighted by Crippen LogP contribution is 2.63. The van der Waals surface area contributed by atoms with Gasteiger partial charge in [-0.1, -0.05) is 121 Å². The first-order chi connectivity index (χ1) is 24.7. The molecule has 0 amide bonds. The number of hydrogen-bond donors (Lipinski definition) is 0. The number of nitrogens with zero attached hydrogens (tertiary/aromatic N) is 4. The van der Waals surface area contributed by atoms with Crippen LogP contribution in [0.3, 0.4) is 0 Å². The van der Waals surface area contributed by atoms with Crippen LogP contribution < -0.4 is 4.74 Å². The van der Waals surface area contributed by atoms with E-state index in [0.29, 0.717) is 23.0 Å². The summed E-state index contributed by atoms with van der Waals surface area (Å²) in [5.41, 5.74) is 9.06. The van der Waals surface area contributed by atoms with Crippen molar-refractivity contribution in [2.24, 2.45) is 0 Å². The molecular formula is C45H26N4O. The predicted molar refractivity (Wildman–Crippen MR) is 196 cm³/mol. The first-order valence-electron chi connectivity index (χ1n) is 16.6. The number of ether oxygens (including phenoxy) is 1. The van der Waals surface area contributed by atoms with Gasteiger partial charge in [-0.05, 0) is 69.4 Å². The number of benzene rings is 7. The standard InChI is InChI=1S/C45H26N4O/c46-27-28-19-23-39-37(25-28)45(35-18-10-9-17-34(35)41-33-16-8-7-11-29(33)20-22-36(41)45)38-26-32(21-24-40(38)50-39)44-48-42(30-12-3-1-4-13-30)47-43(49-44)31-14-5-2-6-15-31/h1-26H. The zero-order valence-corrected chi connectivity index (χ0v) is 26.7. The second-order valence-electron chi connectivity index (χ2n) is 12.7. The molecular weight excluding hydrogens is 613 g/mol. The average Bonchev–Trinajstić information content (AvgIpc) is 3.49. The predicted octanol–water partition coefficient (Wildman–Crippen LogP) is 10.4. The fraction of sp³-hybridized carbons (Fsp3) is 0.0222. The summed E-state index contributed by atoms with van der Waals surface area (Å²) in [6.45, 7) is 0. The number of fused-ring (bicyclic) bond motifs is 11. The van der Waals surface area contributed by atoms with Gasteiger partial charge in [-0.3, -0.25) is 0 Å². The van der Waals surface area contributed by atoms with E-state index in [1.807, 2.05) is 91.0 Å². The van der Waals surface area contributed by atoms with E-state index in [-0.39, 0.29) is 0 Å². The molecule has 0 N–H and O–H groups in total. The molecule has 1 unspecified atom stereocenters. The maximum atomic E-state index is 10.1. The third kappa shape index (κ3) is 4.03. The maximum Gasteiger partial charge on any atom is 0.164 e. The van der Waals surface area contributed by atoms with Crippen molar-refractivity contribution in [2.75, 3.05) is 0 Å². The topological polar surface area (TPSA) is 71.7 Å². The first-order valence-corrected chi connectivity index (χ1v) is 16.6. The monoisotopic (exact) mass is 638 g/mol. The lowest BCUT2D eigenvalue weighted by molar-refractivity contribution is 0.436. The third-order valence-corrected chi connectivity index (χ3v) is 10.0. The Kier molecular flexibility index (Phi) is 6.09.